The zero-order valence-corrected chi connectivity index (χ0v) is 10.1. The lowest BCUT2D eigenvalue weighted by Crippen LogP contribution is -2.54. The van der Waals surface area contributed by atoms with Crippen LogP contribution in [-0.4, -0.2) is 35.8 Å². The van der Waals surface area contributed by atoms with Gasteiger partial charge in [-0.3, -0.25) is 10.1 Å². The van der Waals surface area contributed by atoms with Gasteiger partial charge in [-0.1, -0.05) is 0 Å². The molecule has 0 radical (unpaired) electrons. The summed E-state index contributed by atoms with van der Waals surface area (Å²) in [5.41, 5.74) is -0.207. The van der Waals surface area contributed by atoms with Crippen LogP contribution in [0.25, 0.3) is 0 Å². The molecule has 1 saturated carbocycles. The van der Waals surface area contributed by atoms with Gasteiger partial charge < -0.3 is 9.84 Å². The van der Waals surface area contributed by atoms with Crippen molar-refractivity contribution in [3.05, 3.63) is 0 Å². The first kappa shape index (κ1) is 12.1. The Morgan fingerprint density at radius 2 is 2.19 bits per heavy atom. The third-order valence-electron chi connectivity index (χ3n) is 3.87. The summed E-state index contributed by atoms with van der Waals surface area (Å²) in [6.07, 6.45) is 3.48. The molecule has 0 unspecified atom stereocenters. The van der Waals surface area contributed by atoms with E-state index in [4.69, 9.17) is 16.3 Å². The molecule has 92 valence electrons. The van der Waals surface area contributed by atoms with Crippen LogP contribution in [0.2, 0.25) is 0 Å². The number of hydrogen-bond acceptors (Lipinski definition) is 3. The highest BCUT2D eigenvalue weighted by molar-refractivity contribution is 6.20. The number of halogens is 1. The Morgan fingerprint density at radius 1 is 1.44 bits per heavy atom. The smallest absolute Gasteiger partial charge is 0.306 e. The molecule has 1 saturated heterocycles. The average molecular weight is 248 g/mol. The summed E-state index contributed by atoms with van der Waals surface area (Å²) in [5, 5.41) is 12.5. The number of carbonyl (C=O) groups is 1. The lowest BCUT2D eigenvalue weighted by molar-refractivity contribution is -0.147. The largest absolute Gasteiger partial charge is 0.481 e. The summed E-state index contributed by atoms with van der Waals surface area (Å²) in [6, 6.07) is 0.240. The zero-order chi connectivity index (χ0) is 11.7. The second-order valence-electron chi connectivity index (χ2n) is 4.76. The fourth-order valence-corrected chi connectivity index (χ4v) is 3.37. The van der Waals surface area contributed by atoms with E-state index in [1.807, 2.05) is 0 Å². The predicted octanol–water partition coefficient (Wildman–Crippen LogP) is 1.43. The molecule has 2 fully saturated rings. The van der Waals surface area contributed by atoms with E-state index in [1.165, 1.54) is 0 Å². The zero-order valence-electron chi connectivity index (χ0n) is 9.36. The van der Waals surface area contributed by atoms with Gasteiger partial charge in [0.2, 0.25) is 0 Å². The summed E-state index contributed by atoms with van der Waals surface area (Å²) in [7, 11) is 1.70. The number of ether oxygens (including phenoxy) is 1. The molecule has 4 nitrogen and oxygen atoms in total. The second kappa shape index (κ2) is 4.90. The number of fused-ring (bicyclic) bond motifs is 1. The van der Waals surface area contributed by atoms with Crippen LogP contribution in [-0.2, 0) is 9.53 Å². The fourth-order valence-electron chi connectivity index (χ4n) is 3.01. The molecule has 16 heavy (non-hydrogen) atoms. The third-order valence-corrected chi connectivity index (χ3v) is 4.18. The summed E-state index contributed by atoms with van der Waals surface area (Å²) < 4.78 is 5.34. The van der Waals surface area contributed by atoms with Crippen LogP contribution in [0, 0.1) is 11.8 Å². The number of methoxy groups -OCH3 is 1. The van der Waals surface area contributed by atoms with E-state index in [-0.39, 0.29) is 29.5 Å². The van der Waals surface area contributed by atoms with Crippen molar-refractivity contribution in [1.82, 2.24) is 5.32 Å². The first-order valence-electron chi connectivity index (χ1n) is 5.77. The van der Waals surface area contributed by atoms with Crippen molar-refractivity contribution >= 4 is 17.6 Å². The Bertz CT molecular complexity index is 274. The van der Waals surface area contributed by atoms with Crippen molar-refractivity contribution in [2.45, 2.75) is 43.3 Å². The van der Waals surface area contributed by atoms with E-state index in [1.54, 1.807) is 7.11 Å². The molecule has 1 aliphatic carbocycles. The highest BCUT2D eigenvalue weighted by atomic mass is 35.5. The van der Waals surface area contributed by atoms with Gasteiger partial charge in [0.1, 0.15) is 0 Å². The molecule has 0 aromatic carbocycles. The van der Waals surface area contributed by atoms with Crippen LogP contribution in [0.3, 0.4) is 0 Å². The van der Waals surface area contributed by atoms with Crippen molar-refractivity contribution in [2.24, 2.45) is 11.8 Å². The number of alkyl halides is 1. The van der Waals surface area contributed by atoms with Gasteiger partial charge in [0.25, 0.3) is 0 Å². The normalized spacial score (nSPS) is 43.8. The van der Waals surface area contributed by atoms with Gasteiger partial charge in [0, 0.05) is 13.2 Å². The van der Waals surface area contributed by atoms with Crippen LogP contribution < -0.4 is 5.32 Å². The molecule has 0 spiro atoms. The SMILES string of the molecule is CO[C@@H]1CC[C@@H]2N[C@H](Cl)C[C@H](C(=O)O)[C@H]2C1. The Kier molecular flexibility index (Phi) is 3.72. The standard InChI is InChI=1S/C11H18ClNO3/c1-16-6-2-3-9-7(4-6)8(11(14)15)5-10(12)13-9/h6-10,13H,2-5H2,1H3,(H,14,15)/t6-,7-,8+,9+,10+/m1/s1. The number of carboxylic acid groups (broad SMARTS) is 1. The summed E-state index contributed by atoms with van der Waals surface area (Å²) in [5.74, 6) is -0.892. The van der Waals surface area contributed by atoms with E-state index in [0.717, 1.165) is 19.3 Å². The van der Waals surface area contributed by atoms with E-state index >= 15 is 0 Å². The fraction of sp³-hybridized carbons (Fsp3) is 0.909. The molecule has 1 aliphatic heterocycles. The molecule has 5 atom stereocenters. The van der Waals surface area contributed by atoms with Gasteiger partial charge in [0.15, 0.2) is 0 Å². The van der Waals surface area contributed by atoms with Crippen LogP contribution in [0.15, 0.2) is 0 Å². The molecule has 2 N–H and O–H groups in total. The number of hydrogen-bond donors (Lipinski definition) is 2. The molecule has 1 heterocycles. The molecule has 0 aromatic heterocycles. The Balaban J connectivity index is 2.10. The molecule has 0 aromatic rings. The van der Waals surface area contributed by atoms with Crippen LogP contribution in [0.5, 0.6) is 0 Å². The summed E-state index contributed by atoms with van der Waals surface area (Å²) in [4.78, 5) is 11.2. The monoisotopic (exact) mass is 247 g/mol. The first-order valence-corrected chi connectivity index (χ1v) is 6.21. The molecular formula is C11H18ClNO3. The number of rotatable bonds is 2. The Morgan fingerprint density at radius 3 is 2.81 bits per heavy atom. The second-order valence-corrected chi connectivity index (χ2v) is 5.28. The van der Waals surface area contributed by atoms with E-state index in [0.29, 0.717) is 6.42 Å². The number of carboxylic acids is 1. The maximum atomic E-state index is 11.2. The number of nitrogens with one attached hydrogen (secondary N) is 1. The predicted molar refractivity (Wildman–Crippen MR) is 60.4 cm³/mol. The maximum absolute atomic E-state index is 11.2. The highest BCUT2D eigenvalue weighted by Crippen LogP contribution is 2.38. The van der Waals surface area contributed by atoms with Crippen molar-refractivity contribution in [3.8, 4) is 0 Å². The third kappa shape index (κ3) is 2.34. The van der Waals surface area contributed by atoms with Gasteiger partial charge in [-0.15, -0.1) is 11.6 Å². The van der Waals surface area contributed by atoms with Crippen molar-refractivity contribution < 1.29 is 14.6 Å². The molecule has 2 aliphatic rings. The Hall–Kier alpha value is -0.320. The quantitative estimate of drug-likeness (QED) is 0.573. The van der Waals surface area contributed by atoms with Gasteiger partial charge in [-0.2, -0.15) is 0 Å². The van der Waals surface area contributed by atoms with Crippen LogP contribution in [0.4, 0.5) is 0 Å². The molecule has 0 bridgehead atoms. The van der Waals surface area contributed by atoms with E-state index in [9.17, 15) is 9.90 Å². The van der Waals surface area contributed by atoms with Crippen LogP contribution >= 0.6 is 11.6 Å². The minimum Gasteiger partial charge on any atom is -0.481 e. The summed E-state index contributed by atoms with van der Waals surface area (Å²) in [6.45, 7) is 0. The van der Waals surface area contributed by atoms with E-state index in [2.05, 4.69) is 5.32 Å². The molecule has 0 amide bonds. The van der Waals surface area contributed by atoms with Gasteiger partial charge in [0.05, 0.1) is 17.5 Å². The van der Waals surface area contributed by atoms with Gasteiger partial charge in [-0.05, 0) is 31.6 Å². The van der Waals surface area contributed by atoms with E-state index < -0.39 is 5.97 Å². The minimum atomic E-state index is -0.723. The number of piperidine rings is 1. The lowest BCUT2D eigenvalue weighted by atomic mass is 9.72. The highest BCUT2D eigenvalue weighted by Gasteiger charge is 2.43. The number of aliphatic carboxylic acids is 1. The van der Waals surface area contributed by atoms with Gasteiger partial charge in [-0.25, -0.2) is 0 Å². The maximum Gasteiger partial charge on any atom is 0.306 e. The molecular weight excluding hydrogens is 230 g/mol. The molecule has 5 heteroatoms. The minimum absolute atomic E-state index is 0.159. The Labute approximate surface area is 100 Å². The van der Waals surface area contributed by atoms with Crippen molar-refractivity contribution in [1.29, 1.82) is 0 Å². The molecule has 2 rings (SSSR count). The first-order chi connectivity index (χ1) is 7.61. The van der Waals surface area contributed by atoms with Gasteiger partial charge >= 0.3 is 5.97 Å². The summed E-state index contributed by atoms with van der Waals surface area (Å²) >= 11 is 6.04. The van der Waals surface area contributed by atoms with Crippen molar-refractivity contribution in [2.75, 3.05) is 7.11 Å². The van der Waals surface area contributed by atoms with Crippen LogP contribution in [0.1, 0.15) is 25.7 Å². The topological polar surface area (TPSA) is 58.6 Å². The average Bonchev–Trinajstić information content (AvgIpc) is 2.27. The van der Waals surface area contributed by atoms with Crippen molar-refractivity contribution in [3.63, 3.8) is 0 Å². The lowest BCUT2D eigenvalue weighted by Gasteiger charge is -2.44.